The molecule has 0 spiro atoms. The number of hydrogen-bond donors (Lipinski definition) is 0. The van der Waals surface area contributed by atoms with Crippen LogP contribution in [0, 0.1) is 0 Å². The Morgan fingerprint density at radius 1 is 0.276 bits per heavy atom. The van der Waals surface area contributed by atoms with Gasteiger partial charge < -0.3 is 4.90 Å². The molecule has 58 heavy (non-hydrogen) atoms. The van der Waals surface area contributed by atoms with Gasteiger partial charge in [0.1, 0.15) is 0 Å². The predicted molar refractivity (Wildman–Crippen MR) is 251 cm³/mol. The number of rotatable bonds is 7. The normalized spacial score (nSPS) is 11.4. The van der Waals surface area contributed by atoms with Gasteiger partial charge in [0.25, 0.3) is 0 Å². The zero-order valence-electron chi connectivity index (χ0n) is 31.7. The fourth-order valence-electron chi connectivity index (χ4n) is 8.65. The second kappa shape index (κ2) is 14.4. The lowest BCUT2D eigenvalue weighted by Crippen LogP contribution is -2.10. The molecule has 0 atom stereocenters. The molecule has 272 valence electrons. The molecule has 0 radical (unpaired) electrons. The summed E-state index contributed by atoms with van der Waals surface area (Å²) in [6, 6.07) is 81.9. The van der Waals surface area contributed by atoms with E-state index < -0.39 is 0 Å². The van der Waals surface area contributed by atoms with Crippen molar-refractivity contribution in [1.29, 1.82) is 0 Å². The summed E-state index contributed by atoms with van der Waals surface area (Å²) in [5.41, 5.74) is 13.2. The first-order valence-electron chi connectivity index (χ1n) is 19.8. The lowest BCUT2D eigenvalue weighted by Gasteiger charge is -2.26. The molecule has 0 saturated carbocycles. The molecule has 0 unspecified atom stereocenters. The fraction of sp³-hybridized carbons (Fsp3) is 0. The van der Waals surface area contributed by atoms with Gasteiger partial charge in [-0.3, -0.25) is 0 Å². The van der Waals surface area contributed by atoms with E-state index in [2.05, 4.69) is 229 Å². The molecule has 11 aromatic rings. The van der Waals surface area contributed by atoms with Crippen molar-refractivity contribution in [2.75, 3.05) is 4.90 Å². The average Bonchev–Trinajstić information content (AvgIpc) is 3.69. The molecule has 0 aliphatic heterocycles. The predicted octanol–water partition coefficient (Wildman–Crippen LogP) is 16.5. The van der Waals surface area contributed by atoms with Crippen LogP contribution in [0.15, 0.2) is 224 Å². The van der Waals surface area contributed by atoms with Crippen LogP contribution in [0.2, 0.25) is 0 Å². The standard InChI is InChI=1S/C56H37NS/c1-3-14-39(15-4-1)49-24-12-25-50-51-26-13-27-54(56(51)58-55(49)50)57(45-32-28-41(29-33-45)48-23-11-21-38-18-9-10-22-47(38)48)46-34-30-42(31-35-46)53-37-44-20-8-7-19-43(44)36-52(53)40-16-5-2-6-17-40/h1-37H. The number of anilines is 3. The first kappa shape index (κ1) is 34.0. The van der Waals surface area contributed by atoms with E-state index in [1.54, 1.807) is 0 Å². The van der Waals surface area contributed by atoms with E-state index in [-0.39, 0.29) is 0 Å². The minimum absolute atomic E-state index is 1.11. The Hall–Kier alpha value is -7.26. The Morgan fingerprint density at radius 3 is 1.34 bits per heavy atom. The number of fused-ring (bicyclic) bond motifs is 5. The van der Waals surface area contributed by atoms with E-state index in [1.807, 2.05) is 11.3 Å². The SMILES string of the molecule is c1ccc(-c2cc3ccccc3cc2-c2ccc(N(c3ccc(-c4cccc5ccccc45)cc3)c3cccc4c3sc3c(-c5ccccc5)cccc34)cc2)cc1. The summed E-state index contributed by atoms with van der Waals surface area (Å²) in [5.74, 6) is 0. The van der Waals surface area contributed by atoms with Crippen LogP contribution in [0.4, 0.5) is 17.1 Å². The Labute approximate surface area is 342 Å². The van der Waals surface area contributed by atoms with Crippen LogP contribution >= 0.6 is 11.3 Å². The third-order valence-electron chi connectivity index (χ3n) is 11.5. The van der Waals surface area contributed by atoms with Crippen molar-refractivity contribution in [3.05, 3.63) is 224 Å². The van der Waals surface area contributed by atoms with Crippen LogP contribution in [0.1, 0.15) is 0 Å². The van der Waals surface area contributed by atoms with Gasteiger partial charge in [0, 0.05) is 26.8 Å². The lowest BCUT2D eigenvalue weighted by molar-refractivity contribution is 1.30. The average molecular weight is 756 g/mol. The minimum Gasteiger partial charge on any atom is -0.309 e. The van der Waals surface area contributed by atoms with Gasteiger partial charge in [-0.25, -0.2) is 0 Å². The van der Waals surface area contributed by atoms with Crippen LogP contribution in [0.5, 0.6) is 0 Å². The number of benzene rings is 10. The van der Waals surface area contributed by atoms with Crippen LogP contribution < -0.4 is 4.90 Å². The molecule has 0 aliphatic carbocycles. The molecular weight excluding hydrogens is 719 g/mol. The monoisotopic (exact) mass is 755 g/mol. The van der Waals surface area contributed by atoms with Crippen molar-refractivity contribution >= 4 is 70.1 Å². The molecule has 0 amide bonds. The minimum atomic E-state index is 1.11. The molecule has 0 fully saturated rings. The lowest BCUT2D eigenvalue weighted by atomic mass is 9.91. The molecule has 0 saturated heterocycles. The van der Waals surface area contributed by atoms with Crippen molar-refractivity contribution in [2.45, 2.75) is 0 Å². The van der Waals surface area contributed by atoms with Crippen LogP contribution in [-0.2, 0) is 0 Å². The summed E-state index contributed by atoms with van der Waals surface area (Å²) in [6.45, 7) is 0. The van der Waals surface area contributed by atoms with Gasteiger partial charge >= 0.3 is 0 Å². The van der Waals surface area contributed by atoms with Gasteiger partial charge in [0.15, 0.2) is 0 Å². The van der Waals surface area contributed by atoms with E-state index in [0.29, 0.717) is 0 Å². The van der Waals surface area contributed by atoms with Crippen LogP contribution in [0.3, 0.4) is 0 Å². The maximum Gasteiger partial charge on any atom is 0.0640 e. The summed E-state index contributed by atoms with van der Waals surface area (Å²) < 4.78 is 2.58. The second-order valence-corrected chi connectivity index (χ2v) is 15.9. The Balaban J connectivity index is 1.08. The van der Waals surface area contributed by atoms with Gasteiger partial charge in [0.2, 0.25) is 0 Å². The molecule has 1 nitrogen and oxygen atoms in total. The van der Waals surface area contributed by atoms with E-state index in [0.717, 1.165) is 11.4 Å². The van der Waals surface area contributed by atoms with E-state index in [4.69, 9.17) is 0 Å². The first-order chi connectivity index (χ1) is 28.8. The van der Waals surface area contributed by atoms with E-state index in [9.17, 15) is 0 Å². The zero-order chi connectivity index (χ0) is 38.4. The summed E-state index contributed by atoms with van der Waals surface area (Å²) in [7, 11) is 0. The maximum absolute atomic E-state index is 2.44. The number of nitrogens with zero attached hydrogens (tertiary/aromatic N) is 1. The highest BCUT2D eigenvalue weighted by molar-refractivity contribution is 7.27. The summed E-state index contributed by atoms with van der Waals surface area (Å²) >= 11 is 1.89. The quantitative estimate of drug-likeness (QED) is 0.157. The maximum atomic E-state index is 2.44. The molecule has 1 aromatic heterocycles. The van der Waals surface area contributed by atoms with Crippen LogP contribution in [0.25, 0.3) is 86.2 Å². The van der Waals surface area contributed by atoms with Gasteiger partial charge in [-0.05, 0) is 109 Å². The van der Waals surface area contributed by atoms with Crippen molar-refractivity contribution in [1.82, 2.24) is 0 Å². The van der Waals surface area contributed by atoms with Crippen molar-refractivity contribution in [2.24, 2.45) is 0 Å². The molecule has 1 heterocycles. The Morgan fingerprint density at radius 2 is 0.707 bits per heavy atom. The molecule has 11 rings (SSSR count). The molecule has 10 aromatic carbocycles. The van der Waals surface area contributed by atoms with Gasteiger partial charge in [-0.2, -0.15) is 0 Å². The van der Waals surface area contributed by atoms with Crippen molar-refractivity contribution in [3.63, 3.8) is 0 Å². The zero-order valence-corrected chi connectivity index (χ0v) is 32.5. The number of hydrogen-bond acceptors (Lipinski definition) is 2. The van der Waals surface area contributed by atoms with Gasteiger partial charge in [0.05, 0.1) is 10.4 Å². The molecule has 0 N–H and O–H groups in total. The first-order valence-corrected chi connectivity index (χ1v) is 20.7. The summed E-state index contributed by atoms with van der Waals surface area (Å²) in [4.78, 5) is 2.44. The van der Waals surface area contributed by atoms with E-state index in [1.165, 1.54) is 91.9 Å². The number of thiophene rings is 1. The highest BCUT2D eigenvalue weighted by Gasteiger charge is 2.20. The second-order valence-electron chi connectivity index (χ2n) is 14.9. The van der Waals surface area contributed by atoms with Gasteiger partial charge in [-0.1, -0.05) is 182 Å². The third-order valence-corrected chi connectivity index (χ3v) is 12.7. The molecular formula is C56H37NS. The van der Waals surface area contributed by atoms with Gasteiger partial charge in [-0.15, -0.1) is 11.3 Å². The summed E-state index contributed by atoms with van der Waals surface area (Å²) in [5, 5.41) is 7.55. The van der Waals surface area contributed by atoms with E-state index >= 15 is 0 Å². The Kier molecular flexibility index (Phi) is 8.42. The molecule has 2 heteroatoms. The van der Waals surface area contributed by atoms with Crippen molar-refractivity contribution < 1.29 is 0 Å². The third kappa shape index (κ3) is 5.94. The summed E-state index contributed by atoms with van der Waals surface area (Å²) in [6.07, 6.45) is 0. The fourth-order valence-corrected chi connectivity index (χ4v) is 9.99. The molecule has 0 aliphatic rings. The highest BCUT2D eigenvalue weighted by atomic mass is 32.1. The largest absolute Gasteiger partial charge is 0.309 e. The molecule has 0 bridgehead atoms. The van der Waals surface area contributed by atoms with Crippen molar-refractivity contribution in [3.8, 4) is 44.5 Å². The Bertz CT molecular complexity index is 3250. The smallest absolute Gasteiger partial charge is 0.0640 e. The highest BCUT2D eigenvalue weighted by Crippen LogP contribution is 2.48. The topological polar surface area (TPSA) is 3.24 Å². The van der Waals surface area contributed by atoms with Crippen LogP contribution in [-0.4, -0.2) is 0 Å².